The third kappa shape index (κ3) is 4.75. The average Bonchev–Trinajstić information content (AvgIpc) is 3.21. The predicted octanol–water partition coefficient (Wildman–Crippen LogP) is 4.28. The van der Waals surface area contributed by atoms with E-state index < -0.39 is 0 Å². The van der Waals surface area contributed by atoms with Crippen LogP contribution in [-0.2, 0) is 17.8 Å². The highest BCUT2D eigenvalue weighted by Gasteiger charge is 2.16. The van der Waals surface area contributed by atoms with E-state index in [1.807, 2.05) is 62.6 Å². The van der Waals surface area contributed by atoms with Crippen molar-refractivity contribution in [2.75, 3.05) is 23.5 Å². The molecule has 164 valence electrons. The Morgan fingerprint density at radius 2 is 1.78 bits per heavy atom. The second-order valence-corrected chi connectivity index (χ2v) is 8.46. The van der Waals surface area contributed by atoms with E-state index in [9.17, 15) is 4.79 Å². The molecule has 0 atom stereocenters. The lowest BCUT2D eigenvalue weighted by atomic mass is 10.1. The zero-order valence-corrected chi connectivity index (χ0v) is 19.5. The van der Waals surface area contributed by atoms with Crippen LogP contribution in [0.3, 0.4) is 0 Å². The van der Waals surface area contributed by atoms with Gasteiger partial charge in [-0.2, -0.15) is 4.98 Å². The van der Waals surface area contributed by atoms with E-state index in [2.05, 4.69) is 44.5 Å². The molecule has 0 aliphatic heterocycles. The minimum Gasteiger partial charge on any atom is -0.370 e. The van der Waals surface area contributed by atoms with Gasteiger partial charge in [0.15, 0.2) is 0 Å². The summed E-state index contributed by atoms with van der Waals surface area (Å²) in [6.45, 7) is 4.67. The zero-order valence-electron chi connectivity index (χ0n) is 18.7. The molecule has 0 spiro atoms. The first-order valence-corrected chi connectivity index (χ1v) is 11.6. The molecule has 0 fully saturated rings. The number of nitrogens with zero attached hydrogens (tertiary/aromatic N) is 5. The molecule has 0 unspecified atom stereocenters. The van der Waals surface area contributed by atoms with E-state index in [-0.39, 0.29) is 12.3 Å². The largest absolute Gasteiger partial charge is 0.370 e. The van der Waals surface area contributed by atoms with Crippen molar-refractivity contribution in [2.45, 2.75) is 32.0 Å². The Morgan fingerprint density at radius 3 is 2.47 bits per heavy atom. The number of amides is 1. The number of rotatable bonds is 7. The maximum Gasteiger partial charge on any atom is 0.253 e. The molecule has 4 aromatic rings. The van der Waals surface area contributed by atoms with Crippen molar-refractivity contribution < 1.29 is 4.79 Å². The summed E-state index contributed by atoms with van der Waals surface area (Å²) in [6, 6.07) is 18.2. The summed E-state index contributed by atoms with van der Waals surface area (Å²) in [6.07, 6.45) is 2.15. The van der Waals surface area contributed by atoms with E-state index in [4.69, 9.17) is 0 Å². The van der Waals surface area contributed by atoms with Crippen LogP contribution < -0.4 is 10.2 Å². The first-order valence-electron chi connectivity index (χ1n) is 10.4. The number of benzene rings is 2. The Bertz CT molecular complexity index is 1240. The van der Waals surface area contributed by atoms with Gasteiger partial charge in [0.05, 0.1) is 6.42 Å². The van der Waals surface area contributed by atoms with E-state index in [0.29, 0.717) is 10.9 Å². The maximum absolute atomic E-state index is 12.7. The van der Waals surface area contributed by atoms with Gasteiger partial charge in [-0.05, 0) is 49.9 Å². The Balaban J connectivity index is 1.43. The molecular weight excluding hydrogens is 420 g/mol. The Morgan fingerprint density at radius 1 is 1.06 bits per heavy atom. The topological polar surface area (TPSA) is 75.4 Å². The number of aromatic nitrogens is 4. The molecule has 2 aromatic heterocycles. The Labute approximate surface area is 191 Å². The number of hydrogen-bond acceptors (Lipinski definition) is 6. The Kier molecular flexibility index (Phi) is 6.41. The van der Waals surface area contributed by atoms with Gasteiger partial charge in [-0.25, -0.2) is 9.50 Å². The second kappa shape index (κ2) is 9.40. The fraction of sp³-hybridized carbons (Fsp3) is 0.250. The standard InChI is InChI=1S/C24H26N6OS/c1-16-21(17(2)30-23(25-16)27-24(28-30)32-4)14-22(31)26-19-10-12-20(13-11-19)29(3)15-18-8-6-5-7-9-18/h5-13H,14-15H2,1-4H3,(H,26,31). The lowest BCUT2D eigenvalue weighted by molar-refractivity contribution is -0.115. The van der Waals surface area contributed by atoms with Crippen molar-refractivity contribution >= 4 is 34.8 Å². The SMILES string of the molecule is CSc1nc2nc(C)c(CC(=O)Nc3ccc(N(C)Cc4ccccc4)cc3)c(C)n2n1. The van der Waals surface area contributed by atoms with Crippen LogP contribution in [0.1, 0.15) is 22.5 Å². The highest BCUT2D eigenvalue weighted by Crippen LogP contribution is 2.20. The molecule has 0 bridgehead atoms. The molecule has 8 heteroatoms. The van der Waals surface area contributed by atoms with Crippen molar-refractivity contribution in [3.8, 4) is 0 Å². The minimum atomic E-state index is -0.0899. The van der Waals surface area contributed by atoms with Gasteiger partial charge in [0.2, 0.25) is 11.1 Å². The maximum atomic E-state index is 12.7. The lowest BCUT2D eigenvalue weighted by Crippen LogP contribution is -2.18. The molecule has 0 saturated carbocycles. The summed E-state index contributed by atoms with van der Waals surface area (Å²) in [5.41, 5.74) is 5.65. The van der Waals surface area contributed by atoms with Gasteiger partial charge in [-0.3, -0.25) is 4.79 Å². The second-order valence-electron chi connectivity index (χ2n) is 7.68. The molecule has 7 nitrogen and oxygen atoms in total. The van der Waals surface area contributed by atoms with Crippen LogP contribution in [0.4, 0.5) is 11.4 Å². The summed E-state index contributed by atoms with van der Waals surface area (Å²) in [7, 11) is 2.06. The van der Waals surface area contributed by atoms with Crippen LogP contribution in [0.2, 0.25) is 0 Å². The number of anilines is 2. The number of carbonyl (C=O) groups is 1. The smallest absolute Gasteiger partial charge is 0.253 e. The molecule has 2 heterocycles. The highest BCUT2D eigenvalue weighted by atomic mass is 32.2. The molecule has 32 heavy (non-hydrogen) atoms. The average molecular weight is 447 g/mol. The van der Waals surface area contributed by atoms with E-state index in [1.54, 1.807) is 4.52 Å². The van der Waals surface area contributed by atoms with Crippen LogP contribution in [0.5, 0.6) is 0 Å². The number of carbonyl (C=O) groups excluding carboxylic acids is 1. The van der Waals surface area contributed by atoms with Gasteiger partial charge in [-0.1, -0.05) is 42.1 Å². The van der Waals surface area contributed by atoms with Crippen LogP contribution >= 0.6 is 11.8 Å². The van der Waals surface area contributed by atoms with Crippen molar-refractivity contribution in [1.29, 1.82) is 0 Å². The van der Waals surface area contributed by atoms with Crippen LogP contribution in [0, 0.1) is 13.8 Å². The first kappa shape index (κ1) is 21.8. The molecule has 4 rings (SSSR count). The van der Waals surface area contributed by atoms with Crippen molar-refractivity contribution in [1.82, 2.24) is 19.6 Å². The highest BCUT2D eigenvalue weighted by molar-refractivity contribution is 7.98. The summed E-state index contributed by atoms with van der Waals surface area (Å²) < 4.78 is 1.71. The molecule has 0 aliphatic rings. The van der Waals surface area contributed by atoms with Crippen molar-refractivity contribution in [3.05, 3.63) is 77.1 Å². The predicted molar refractivity (Wildman–Crippen MR) is 129 cm³/mol. The van der Waals surface area contributed by atoms with Gasteiger partial charge < -0.3 is 10.2 Å². The summed E-state index contributed by atoms with van der Waals surface area (Å²) in [5.74, 6) is 0.469. The first-order chi connectivity index (χ1) is 15.4. The molecular formula is C24H26N6OS. The number of thioether (sulfide) groups is 1. The van der Waals surface area contributed by atoms with Gasteiger partial charge in [0.1, 0.15) is 0 Å². The summed E-state index contributed by atoms with van der Waals surface area (Å²) in [4.78, 5) is 23.8. The molecule has 1 amide bonds. The third-order valence-corrected chi connectivity index (χ3v) is 5.94. The van der Waals surface area contributed by atoms with E-state index >= 15 is 0 Å². The zero-order chi connectivity index (χ0) is 22.7. The number of hydrogen-bond donors (Lipinski definition) is 1. The van der Waals surface area contributed by atoms with E-state index in [0.717, 1.165) is 34.9 Å². The molecule has 2 aromatic carbocycles. The Hall–Kier alpha value is -3.39. The van der Waals surface area contributed by atoms with Gasteiger partial charge in [0.25, 0.3) is 5.78 Å². The number of nitrogens with one attached hydrogen (secondary N) is 1. The summed E-state index contributed by atoms with van der Waals surface area (Å²) >= 11 is 1.47. The summed E-state index contributed by atoms with van der Waals surface area (Å²) in [5, 5.41) is 8.11. The van der Waals surface area contributed by atoms with Crippen molar-refractivity contribution in [3.63, 3.8) is 0 Å². The van der Waals surface area contributed by atoms with Crippen LogP contribution in [0.15, 0.2) is 59.8 Å². The molecule has 0 saturated heterocycles. The molecule has 0 aliphatic carbocycles. The quantitative estimate of drug-likeness (QED) is 0.427. The monoisotopic (exact) mass is 446 g/mol. The lowest BCUT2D eigenvalue weighted by Gasteiger charge is -2.20. The number of aryl methyl sites for hydroxylation is 2. The van der Waals surface area contributed by atoms with Gasteiger partial charge >= 0.3 is 0 Å². The van der Waals surface area contributed by atoms with E-state index in [1.165, 1.54) is 17.3 Å². The fourth-order valence-corrected chi connectivity index (χ4v) is 3.98. The molecule has 0 radical (unpaired) electrons. The van der Waals surface area contributed by atoms with Gasteiger partial charge in [0, 0.05) is 41.9 Å². The third-order valence-electron chi connectivity index (χ3n) is 5.40. The van der Waals surface area contributed by atoms with Gasteiger partial charge in [-0.15, -0.1) is 5.10 Å². The molecule has 1 N–H and O–H groups in total. The van der Waals surface area contributed by atoms with Crippen LogP contribution in [-0.4, -0.2) is 38.8 Å². The van der Waals surface area contributed by atoms with Crippen LogP contribution in [0.25, 0.3) is 5.78 Å². The minimum absolute atomic E-state index is 0.0899. The fourth-order valence-electron chi connectivity index (χ4n) is 3.65. The van der Waals surface area contributed by atoms with Crippen molar-refractivity contribution in [2.24, 2.45) is 0 Å². The number of fused-ring (bicyclic) bond motifs is 1. The normalized spacial score (nSPS) is 11.0.